The van der Waals surface area contributed by atoms with E-state index in [0.717, 1.165) is 5.56 Å². The van der Waals surface area contributed by atoms with Crippen LogP contribution < -0.4 is 4.74 Å². The van der Waals surface area contributed by atoms with Crippen LogP contribution in [0.5, 0.6) is 5.75 Å². The van der Waals surface area contributed by atoms with Gasteiger partial charge in [-0.05, 0) is 17.7 Å². The number of hydrogen-bond acceptors (Lipinski definition) is 2. The molecule has 0 saturated carbocycles. The molecular formula is C17H18ClNO2. The van der Waals surface area contributed by atoms with Crippen LogP contribution in [0.15, 0.2) is 60.7 Å². The van der Waals surface area contributed by atoms with E-state index in [0.29, 0.717) is 24.7 Å². The lowest BCUT2D eigenvalue weighted by atomic mass is 10.2. The number of benzene rings is 2. The summed E-state index contributed by atoms with van der Waals surface area (Å²) >= 11 is 5.79. The summed E-state index contributed by atoms with van der Waals surface area (Å²) < 4.78 is 5.50. The highest BCUT2D eigenvalue weighted by Gasteiger charge is 2.14. The van der Waals surface area contributed by atoms with E-state index in [2.05, 4.69) is 0 Å². The molecule has 0 atom stereocenters. The molecule has 2 aromatic rings. The highest BCUT2D eigenvalue weighted by Crippen LogP contribution is 2.10. The molecule has 0 saturated heterocycles. The summed E-state index contributed by atoms with van der Waals surface area (Å²) in [7, 11) is 0. The van der Waals surface area contributed by atoms with E-state index < -0.39 is 0 Å². The summed E-state index contributed by atoms with van der Waals surface area (Å²) in [6.45, 7) is 1.08. The molecule has 0 N–H and O–H groups in total. The quantitative estimate of drug-likeness (QED) is 0.734. The predicted molar refractivity (Wildman–Crippen MR) is 84.5 cm³/mol. The number of para-hydroxylation sites is 1. The minimum Gasteiger partial charge on any atom is -0.484 e. The SMILES string of the molecule is O=C(COc1ccccc1)N(CCCl)Cc1ccccc1. The maximum absolute atomic E-state index is 12.3. The van der Waals surface area contributed by atoms with Crippen LogP contribution in [-0.4, -0.2) is 29.8 Å². The van der Waals surface area contributed by atoms with Gasteiger partial charge in [0.15, 0.2) is 6.61 Å². The van der Waals surface area contributed by atoms with Gasteiger partial charge in [-0.2, -0.15) is 0 Å². The first kappa shape index (κ1) is 15.4. The fourth-order valence-corrected chi connectivity index (χ4v) is 2.15. The lowest BCUT2D eigenvalue weighted by molar-refractivity contribution is -0.133. The van der Waals surface area contributed by atoms with Crippen LogP contribution in [0.2, 0.25) is 0 Å². The summed E-state index contributed by atoms with van der Waals surface area (Å²) in [5, 5.41) is 0. The Morgan fingerprint density at radius 1 is 1.00 bits per heavy atom. The van der Waals surface area contributed by atoms with Gasteiger partial charge in [0.1, 0.15) is 5.75 Å². The van der Waals surface area contributed by atoms with Crippen LogP contribution in [-0.2, 0) is 11.3 Å². The molecule has 4 heteroatoms. The molecule has 0 spiro atoms. The van der Waals surface area contributed by atoms with Crippen LogP contribution >= 0.6 is 11.6 Å². The molecule has 2 aromatic carbocycles. The van der Waals surface area contributed by atoms with Crippen molar-refractivity contribution >= 4 is 17.5 Å². The number of nitrogens with zero attached hydrogens (tertiary/aromatic N) is 1. The van der Waals surface area contributed by atoms with Gasteiger partial charge >= 0.3 is 0 Å². The summed E-state index contributed by atoms with van der Waals surface area (Å²) in [6, 6.07) is 19.2. The second kappa shape index (κ2) is 8.32. The lowest BCUT2D eigenvalue weighted by Crippen LogP contribution is -2.35. The van der Waals surface area contributed by atoms with Gasteiger partial charge in [0, 0.05) is 19.0 Å². The third-order valence-electron chi connectivity index (χ3n) is 3.03. The minimum absolute atomic E-state index is 0.0216. The highest BCUT2D eigenvalue weighted by molar-refractivity contribution is 6.18. The molecule has 110 valence electrons. The molecule has 0 heterocycles. The van der Waals surface area contributed by atoms with Gasteiger partial charge in [-0.25, -0.2) is 0 Å². The monoisotopic (exact) mass is 303 g/mol. The summed E-state index contributed by atoms with van der Waals surface area (Å²) in [6.07, 6.45) is 0. The number of halogens is 1. The summed E-state index contributed by atoms with van der Waals surface area (Å²) in [5.41, 5.74) is 1.08. The Labute approximate surface area is 130 Å². The zero-order valence-corrected chi connectivity index (χ0v) is 12.5. The lowest BCUT2D eigenvalue weighted by Gasteiger charge is -2.22. The summed E-state index contributed by atoms with van der Waals surface area (Å²) in [5.74, 6) is 1.03. The molecule has 0 radical (unpaired) electrons. The van der Waals surface area contributed by atoms with Crippen LogP contribution in [0, 0.1) is 0 Å². The Hall–Kier alpha value is -2.00. The maximum Gasteiger partial charge on any atom is 0.260 e. The number of alkyl halides is 1. The smallest absolute Gasteiger partial charge is 0.260 e. The van der Waals surface area contributed by atoms with Gasteiger partial charge in [-0.3, -0.25) is 4.79 Å². The number of amides is 1. The molecule has 0 fully saturated rings. The number of rotatable bonds is 7. The highest BCUT2D eigenvalue weighted by atomic mass is 35.5. The van der Waals surface area contributed by atoms with E-state index in [9.17, 15) is 4.79 Å². The average molecular weight is 304 g/mol. The second-order valence-electron chi connectivity index (χ2n) is 4.59. The standard InChI is InChI=1S/C17H18ClNO2/c18-11-12-19(13-15-7-3-1-4-8-15)17(20)14-21-16-9-5-2-6-10-16/h1-10H,11-14H2. The van der Waals surface area contributed by atoms with Crippen LogP contribution in [0.3, 0.4) is 0 Å². The molecule has 3 nitrogen and oxygen atoms in total. The molecule has 0 aliphatic rings. The third kappa shape index (κ3) is 5.12. The van der Waals surface area contributed by atoms with Gasteiger partial charge in [-0.15, -0.1) is 11.6 Å². The Kier molecular flexibility index (Phi) is 6.10. The first-order valence-electron chi connectivity index (χ1n) is 6.85. The molecule has 0 bridgehead atoms. The molecule has 21 heavy (non-hydrogen) atoms. The van der Waals surface area contributed by atoms with E-state index >= 15 is 0 Å². The molecule has 0 unspecified atom stereocenters. The van der Waals surface area contributed by atoms with Crippen molar-refractivity contribution in [1.29, 1.82) is 0 Å². The van der Waals surface area contributed by atoms with Crippen molar-refractivity contribution in [3.05, 3.63) is 66.2 Å². The van der Waals surface area contributed by atoms with Gasteiger partial charge in [0.25, 0.3) is 5.91 Å². The predicted octanol–water partition coefficient (Wildman–Crippen LogP) is 3.33. The molecule has 0 aliphatic carbocycles. The Balaban J connectivity index is 1.92. The van der Waals surface area contributed by atoms with Crippen molar-refractivity contribution in [2.75, 3.05) is 19.0 Å². The van der Waals surface area contributed by atoms with Crippen LogP contribution in [0.4, 0.5) is 0 Å². The van der Waals surface area contributed by atoms with E-state index in [-0.39, 0.29) is 12.5 Å². The van der Waals surface area contributed by atoms with Crippen LogP contribution in [0.1, 0.15) is 5.56 Å². The van der Waals surface area contributed by atoms with Crippen molar-refractivity contribution in [3.8, 4) is 5.75 Å². The molecular weight excluding hydrogens is 286 g/mol. The number of carbonyl (C=O) groups is 1. The first-order valence-corrected chi connectivity index (χ1v) is 7.38. The number of hydrogen-bond donors (Lipinski definition) is 0. The Morgan fingerprint density at radius 3 is 2.24 bits per heavy atom. The van der Waals surface area contributed by atoms with Crippen molar-refractivity contribution in [2.45, 2.75) is 6.54 Å². The van der Waals surface area contributed by atoms with Crippen molar-refractivity contribution in [1.82, 2.24) is 4.90 Å². The van der Waals surface area contributed by atoms with Gasteiger partial charge in [0.05, 0.1) is 0 Å². The Bertz CT molecular complexity index is 545. The fourth-order valence-electron chi connectivity index (χ4n) is 1.95. The Morgan fingerprint density at radius 2 is 1.62 bits per heavy atom. The zero-order chi connectivity index (χ0) is 14.9. The fraction of sp³-hybridized carbons (Fsp3) is 0.235. The van der Waals surface area contributed by atoms with E-state index in [1.807, 2.05) is 60.7 Å². The van der Waals surface area contributed by atoms with Gasteiger partial charge in [0.2, 0.25) is 0 Å². The first-order chi connectivity index (χ1) is 10.3. The molecule has 0 aliphatic heterocycles. The minimum atomic E-state index is -0.0663. The number of ether oxygens (including phenoxy) is 1. The topological polar surface area (TPSA) is 29.5 Å². The normalized spacial score (nSPS) is 10.1. The van der Waals surface area contributed by atoms with Gasteiger partial charge in [-0.1, -0.05) is 48.5 Å². The van der Waals surface area contributed by atoms with Gasteiger partial charge < -0.3 is 9.64 Å². The van der Waals surface area contributed by atoms with E-state index in [4.69, 9.17) is 16.3 Å². The van der Waals surface area contributed by atoms with Crippen molar-refractivity contribution < 1.29 is 9.53 Å². The van der Waals surface area contributed by atoms with Crippen molar-refractivity contribution in [2.24, 2.45) is 0 Å². The third-order valence-corrected chi connectivity index (χ3v) is 3.20. The van der Waals surface area contributed by atoms with Crippen LogP contribution in [0.25, 0.3) is 0 Å². The van der Waals surface area contributed by atoms with E-state index in [1.165, 1.54) is 0 Å². The average Bonchev–Trinajstić information content (AvgIpc) is 2.54. The molecule has 1 amide bonds. The number of carbonyl (C=O) groups excluding carboxylic acids is 1. The maximum atomic E-state index is 12.3. The second-order valence-corrected chi connectivity index (χ2v) is 4.97. The van der Waals surface area contributed by atoms with Crippen molar-refractivity contribution in [3.63, 3.8) is 0 Å². The largest absolute Gasteiger partial charge is 0.484 e. The summed E-state index contributed by atoms with van der Waals surface area (Å²) in [4.78, 5) is 14.0. The van der Waals surface area contributed by atoms with E-state index in [1.54, 1.807) is 4.90 Å². The molecule has 0 aromatic heterocycles. The zero-order valence-electron chi connectivity index (χ0n) is 11.7. The molecule has 2 rings (SSSR count).